The van der Waals surface area contributed by atoms with E-state index in [1.54, 1.807) is 0 Å². The van der Waals surface area contributed by atoms with Crippen LogP contribution in [0.2, 0.25) is 5.02 Å². The van der Waals surface area contributed by atoms with Crippen molar-refractivity contribution in [2.75, 3.05) is 19.8 Å². The summed E-state index contributed by atoms with van der Waals surface area (Å²) < 4.78 is 18.4. The lowest BCUT2D eigenvalue weighted by Crippen LogP contribution is -2.43. The van der Waals surface area contributed by atoms with Gasteiger partial charge in [0.2, 0.25) is 0 Å². The summed E-state index contributed by atoms with van der Waals surface area (Å²) in [5.74, 6) is -0.601. The van der Waals surface area contributed by atoms with Crippen LogP contribution in [0.3, 0.4) is 0 Å². The quantitative estimate of drug-likeness (QED) is 0.791. The maximum absolute atomic E-state index is 13.3. The lowest BCUT2D eigenvalue weighted by Gasteiger charge is -2.15. The van der Waals surface area contributed by atoms with Gasteiger partial charge < -0.3 is 20.5 Å². The van der Waals surface area contributed by atoms with E-state index in [2.05, 4.69) is 10.6 Å². The van der Waals surface area contributed by atoms with E-state index in [0.717, 1.165) is 12.5 Å². The van der Waals surface area contributed by atoms with E-state index in [1.165, 1.54) is 12.1 Å². The molecule has 1 aromatic rings. The van der Waals surface area contributed by atoms with Gasteiger partial charge in [-0.25, -0.2) is 9.18 Å². The van der Waals surface area contributed by atoms with Crippen LogP contribution in [0, 0.1) is 5.82 Å². The first-order valence-electron chi connectivity index (χ1n) is 6.31. The number of rotatable bonds is 4. The highest BCUT2D eigenvalue weighted by Crippen LogP contribution is 2.19. The van der Waals surface area contributed by atoms with Crippen molar-refractivity contribution in [1.82, 2.24) is 10.6 Å². The predicted molar refractivity (Wildman–Crippen MR) is 72.1 cm³/mol. The van der Waals surface area contributed by atoms with E-state index >= 15 is 0 Å². The van der Waals surface area contributed by atoms with Crippen molar-refractivity contribution in [2.45, 2.75) is 18.6 Å². The number of benzene rings is 1. The van der Waals surface area contributed by atoms with Crippen LogP contribution in [0.5, 0.6) is 0 Å². The molecule has 1 aromatic carbocycles. The molecule has 5 nitrogen and oxygen atoms in total. The second-order valence-electron chi connectivity index (χ2n) is 4.60. The lowest BCUT2D eigenvalue weighted by molar-refractivity contribution is 0.170. The van der Waals surface area contributed by atoms with Crippen LogP contribution in [0.25, 0.3) is 0 Å². The van der Waals surface area contributed by atoms with Crippen molar-refractivity contribution >= 4 is 17.6 Å². The van der Waals surface area contributed by atoms with Crippen molar-refractivity contribution in [3.63, 3.8) is 0 Å². The molecule has 0 unspecified atom stereocenters. The van der Waals surface area contributed by atoms with E-state index in [-0.39, 0.29) is 23.6 Å². The number of hydrogen-bond acceptors (Lipinski definition) is 3. The number of amides is 2. The molecular weight excluding hydrogens is 287 g/mol. The molecule has 0 saturated carbocycles. The third kappa shape index (κ3) is 4.06. The molecule has 0 bridgehead atoms. The molecule has 3 N–H and O–H groups in total. The molecule has 2 rings (SSSR count). The number of nitrogens with one attached hydrogen (secondary N) is 2. The third-order valence-corrected chi connectivity index (χ3v) is 3.36. The van der Waals surface area contributed by atoms with Gasteiger partial charge in [0.25, 0.3) is 0 Å². The zero-order valence-electron chi connectivity index (χ0n) is 10.7. The zero-order chi connectivity index (χ0) is 14.5. The van der Waals surface area contributed by atoms with Crippen LogP contribution in [0.1, 0.15) is 18.1 Å². The molecule has 1 heterocycles. The number of halogens is 2. The van der Waals surface area contributed by atoms with Gasteiger partial charge >= 0.3 is 6.03 Å². The number of aliphatic hydroxyl groups excluding tert-OH is 1. The molecule has 0 spiro atoms. The average molecular weight is 303 g/mol. The molecule has 2 atom stereocenters. The Bertz CT molecular complexity index is 481. The minimum atomic E-state index is -0.993. The van der Waals surface area contributed by atoms with E-state index in [4.69, 9.17) is 16.3 Å². The maximum atomic E-state index is 13.3. The lowest BCUT2D eigenvalue weighted by atomic mass is 10.1. The highest BCUT2D eigenvalue weighted by atomic mass is 35.5. The van der Waals surface area contributed by atoms with Crippen LogP contribution in [-0.2, 0) is 4.74 Å². The molecule has 1 fully saturated rings. The third-order valence-electron chi connectivity index (χ3n) is 3.05. The standard InChI is InChI=1S/C13H16ClFN2O3/c14-10-2-1-8(5-11(10)15)12(18)6-16-13(19)17-9-3-4-20-7-9/h1-2,5,9,12,18H,3-4,6-7H2,(H2,16,17,19)/t9-,12+/m1/s1. The molecule has 7 heteroatoms. The van der Waals surface area contributed by atoms with Crippen molar-refractivity contribution in [2.24, 2.45) is 0 Å². The number of hydrogen-bond donors (Lipinski definition) is 3. The summed E-state index contributed by atoms with van der Waals surface area (Å²) in [6, 6.07) is 3.65. The molecule has 0 aliphatic carbocycles. The molecular formula is C13H16ClFN2O3. The Morgan fingerprint density at radius 2 is 2.40 bits per heavy atom. The minimum Gasteiger partial charge on any atom is -0.387 e. The van der Waals surface area contributed by atoms with Gasteiger partial charge in [0.1, 0.15) is 5.82 Å². The molecule has 1 aliphatic rings. The topological polar surface area (TPSA) is 70.6 Å². The largest absolute Gasteiger partial charge is 0.387 e. The van der Waals surface area contributed by atoms with Gasteiger partial charge in [-0.2, -0.15) is 0 Å². The van der Waals surface area contributed by atoms with E-state index < -0.39 is 11.9 Å². The number of carbonyl (C=O) groups is 1. The monoisotopic (exact) mass is 302 g/mol. The van der Waals surface area contributed by atoms with Gasteiger partial charge in [-0.15, -0.1) is 0 Å². The Morgan fingerprint density at radius 3 is 3.05 bits per heavy atom. The SMILES string of the molecule is O=C(NC[C@H](O)c1ccc(Cl)c(F)c1)N[C@@H]1CCOC1. The molecule has 20 heavy (non-hydrogen) atoms. The fourth-order valence-corrected chi connectivity index (χ4v) is 2.03. The fourth-order valence-electron chi connectivity index (χ4n) is 1.91. The summed E-state index contributed by atoms with van der Waals surface area (Å²) in [4.78, 5) is 11.6. The predicted octanol–water partition coefficient (Wildman–Crippen LogP) is 1.60. The summed E-state index contributed by atoms with van der Waals surface area (Å²) in [5.41, 5.74) is 0.358. The van der Waals surface area contributed by atoms with Crippen molar-refractivity contribution in [3.05, 3.63) is 34.6 Å². The first-order chi connectivity index (χ1) is 9.56. The molecule has 1 saturated heterocycles. The van der Waals surface area contributed by atoms with Gasteiger partial charge in [-0.3, -0.25) is 0 Å². The van der Waals surface area contributed by atoms with Crippen LogP contribution in [0.15, 0.2) is 18.2 Å². The fraction of sp³-hybridized carbons (Fsp3) is 0.462. The summed E-state index contributed by atoms with van der Waals surface area (Å²) in [5, 5.41) is 15.1. The normalized spacial score (nSPS) is 19.6. The first kappa shape index (κ1) is 15.0. The van der Waals surface area contributed by atoms with E-state index in [0.29, 0.717) is 18.8 Å². The van der Waals surface area contributed by atoms with Gasteiger partial charge in [0.05, 0.1) is 23.8 Å². The summed E-state index contributed by atoms with van der Waals surface area (Å²) in [6.45, 7) is 1.12. The van der Waals surface area contributed by atoms with Crippen molar-refractivity contribution < 1.29 is 19.0 Å². The van der Waals surface area contributed by atoms with Crippen LogP contribution in [0.4, 0.5) is 9.18 Å². The molecule has 1 aliphatic heterocycles. The smallest absolute Gasteiger partial charge is 0.315 e. The number of ether oxygens (including phenoxy) is 1. The Kier molecular flexibility index (Phi) is 5.17. The number of aliphatic hydroxyl groups is 1. The van der Waals surface area contributed by atoms with E-state index in [9.17, 15) is 14.3 Å². The number of carbonyl (C=O) groups excluding carboxylic acids is 1. The first-order valence-corrected chi connectivity index (χ1v) is 6.69. The van der Waals surface area contributed by atoms with Crippen LogP contribution in [-0.4, -0.2) is 36.9 Å². The van der Waals surface area contributed by atoms with Crippen LogP contribution < -0.4 is 10.6 Å². The highest BCUT2D eigenvalue weighted by molar-refractivity contribution is 6.30. The summed E-state index contributed by atoms with van der Waals surface area (Å²) in [7, 11) is 0. The second kappa shape index (κ2) is 6.88. The van der Waals surface area contributed by atoms with Gasteiger partial charge in [0, 0.05) is 13.2 Å². The highest BCUT2D eigenvalue weighted by Gasteiger charge is 2.18. The van der Waals surface area contributed by atoms with Crippen molar-refractivity contribution in [1.29, 1.82) is 0 Å². The van der Waals surface area contributed by atoms with Crippen LogP contribution >= 0.6 is 11.6 Å². The van der Waals surface area contributed by atoms with E-state index in [1.807, 2.05) is 0 Å². The minimum absolute atomic E-state index is 0.000110. The van der Waals surface area contributed by atoms with Crippen molar-refractivity contribution in [3.8, 4) is 0 Å². The summed E-state index contributed by atoms with van der Waals surface area (Å²) in [6.07, 6.45) is -0.217. The molecule has 0 aromatic heterocycles. The molecule has 2 amide bonds. The second-order valence-corrected chi connectivity index (χ2v) is 5.01. The van der Waals surface area contributed by atoms with Gasteiger partial charge in [-0.05, 0) is 24.1 Å². The Labute approximate surface area is 121 Å². The van der Waals surface area contributed by atoms with Gasteiger partial charge in [0.15, 0.2) is 0 Å². The zero-order valence-corrected chi connectivity index (χ0v) is 11.5. The van der Waals surface area contributed by atoms with Gasteiger partial charge in [-0.1, -0.05) is 17.7 Å². The maximum Gasteiger partial charge on any atom is 0.315 e. The summed E-state index contributed by atoms with van der Waals surface area (Å²) >= 11 is 5.56. The average Bonchev–Trinajstić information content (AvgIpc) is 2.92. The Morgan fingerprint density at radius 1 is 1.60 bits per heavy atom. The number of urea groups is 1. The Balaban J connectivity index is 1.80. The Hall–Kier alpha value is -1.37. The molecule has 0 radical (unpaired) electrons. The molecule has 110 valence electrons.